The summed E-state index contributed by atoms with van der Waals surface area (Å²) in [5, 5.41) is 11.5. The SMILES string of the molecule is CC(CCO)NC(=O)COc1ccc(C(C)(C)C)cc1. The van der Waals surface area contributed by atoms with Gasteiger partial charge in [-0.3, -0.25) is 4.79 Å². The van der Waals surface area contributed by atoms with Crippen molar-refractivity contribution < 1.29 is 14.6 Å². The Morgan fingerprint density at radius 1 is 1.30 bits per heavy atom. The highest BCUT2D eigenvalue weighted by atomic mass is 16.5. The van der Waals surface area contributed by atoms with E-state index >= 15 is 0 Å². The van der Waals surface area contributed by atoms with E-state index in [-0.39, 0.29) is 30.6 Å². The van der Waals surface area contributed by atoms with Gasteiger partial charge < -0.3 is 15.2 Å². The molecule has 112 valence electrons. The molecule has 0 aliphatic heterocycles. The van der Waals surface area contributed by atoms with E-state index in [1.807, 2.05) is 31.2 Å². The molecular formula is C16H25NO3. The van der Waals surface area contributed by atoms with Crippen LogP contribution in [0.5, 0.6) is 5.75 Å². The fraction of sp³-hybridized carbons (Fsp3) is 0.562. The molecular weight excluding hydrogens is 254 g/mol. The van der Waals surface area contributed by atoms with E-state index in [0.717, 1.165) is 0 Å². The molecule has 0 bridgehead atoms. The number of aliphatic hydroxyl groups excluding tert-OH is 1. The Morgan fingerprint density at radius 2 is 1.90 bits per heavy atom. The molecule has 0 aromatic heterocycles. The fourth-order valence-corrected chi connectivity index (χ4v) is 1.78. The van der Waals surface area contributed by atoms with Crippen LogP contribution in [0.1, 0.15) is 39.7 Å². The number of nitrogens with one attached hydrogen (secondary N) is 1. The zero-order chi connectivity index (χ0) is 15.2. The van der Waals surface area contributed by atoms with Gasteiger partial charge in [0.25, 0.3) is 5.91 Å². The zero-order valence-corrected chi connectivity index (χ0v) is 12.8. The summed E-state index contributed by atoms with van der Waals surface area (Å²) in [6.07, 6.45) is 0.548. The van der Waals surface area contributed by atoms with Gasteiger partial charge in [0, 0.05) is 12.6 Å². The van der Waals surface area contributed by atoms with E-state index < -0.39 is 0 Å². The Morgan fingerprint density at radius 3 is 2.40 bits per heavy atom. The van der Waals surface area contributed by atoms with Crippen molar-refractivity contribution in [3.05, 3.63) is 29.8 Å². The Labute approximate surface area is 121 Å². The summed E-state index contributed by atoms with van der Waals surface area (Å²) in [7, 11) is 0. The molecule has 0 saturated carbocycles. The van der Waals surface area contributed by atoms with Crippen molar-refractivity contribution in [3.63, 3.8) is 0 Å². The first kappa shape index (κ1) is 16.5. The third kappa shape index (κ3) is 5.61. The highest BCUT2D eigenvalue weighted by Crippen LogP contribution is 2.24. The third-order valence-electron chi connectivity index (χ3n) is 3.06. The highest BCUT2D eigenvalue weighted by Gasteiger charge is 2.13. The lowest BCUT2D eigenvalue weighted by Gasteiger charge is -2.19. The quantitative estimate of drug-likeness (QED) is 0.839. The number of carbonyl (C=O) groups is 1. The van der Waals surface area contributed by atoms with Gasteiger partial charge in [0.1, 0.15) is 5.75 Å². The standard InChI is InChI=1S/C16H25NO3/c1-12(9-10-18)17-15(19)11-20-14-7-5-13(6-8-14)16(2,3)4/h5-8,12,18H,9-11H2,1-4H3,(H,17,19). The normalized spacial score (nSPS) is 12.8. The third-order valence-corrected chi connectivity index (χ3v) is 3.06. The summed E-state index contributed by atoms with van der Waals surface area (Å²) in [5.74, 6) is 0.508. The molecule has 0 aliphatic rings. The summed E-state index contributed by atoms with van der Waals surface area (Å²) >= 11 is 0. The molecule has 1 unspecified atom stereocenters. The summed E-state index contributed by atoms with van der Waals surface area (Å²) in [4.78, 5) is 11.6. The predicted molar refractivity (Wildman–Crippen MR) is 79.9 cm³/mol. The first-order valence-corrected chi connectivity index (χ1v) is 6.96. The largest absolute Gasteiger partial charge is 0.484 e. The van der Waals surface area contributed by atoms with E-state index in [9.17, 15) is 4.79 Å². The molecule has 1 atom stereocenters. The molecule has 1 aromatic carbocycles. The van der Waals surface area contributed by atoms with E-state index in [0.29, 0.717) is 12.2 Å². The average molecular weight is 279 g/mol. The van der Waals surface area contributed by atoms with Crippen LogP contribution >= 0.6 is 0 Å². The second-order valence-corrected chi connectivity index (χ2v) is 6.04. The number of rotatable bonds is 6. The summed E-state index contributed by atoms with van der Waals surface area (Å²) in [6.45, 7) is 8.37. The Hall–Kier alpha value is -1.55. The van der Waals surface area contributed by atoms with Crippen LogP contribution in [0.2, 0.25) is 0 Å². The molecule has 0 fully saturated rings. The Kier molecular flexibility index (Phi) is 6.02. The molecule has 0 heterocycles. The van der Waals surface area contributed by atoms with Crippen LogP contribution in [0.15, 0.2) is 24.3 Å². The molecule has 0 saturated heterocycles. The van der Waals surface area contributed by atoms with Gasteiger partial charge in [-0.25, -0.2) is 0 Å². The first-order chi connectivity index (χ1) is 9.32. The average Bonchev–Trinajstić information content (AvgIpc) is 2.36. The molecule has 2 N–H and O–H groups in total. The van der Waals surface area contributed by atoms with Gasteiger partial charge in [-0.05, 0) is 36.5 Å². The van der Waals surface area contributed by atoms with E-state index in [1.54, 1.807) is 0 Å². The zero-order valence-electron chi connectivity index (χ0n) is 12.8. The lowest BCUT2D eigenvalue weighted by atomic mass is 9.87. The molecule has 1 rings (SSSR count). The number of carbonyl (C=O) groups excluding carboxylic acids is 1. The van der Waals surface area contributed by atoms with Crippen LogP contribution in [0.3, 0.4) is 0 Å². The van der Waals surface area contributed by atoms with Gasteiger partial charge >= 0.3 is 0 Å². The smallest absolute Gasteiger partial charge is 0.258 e. The summed E-state index contributed by atoms with van der Waals surface area (Å²) < 4.78 is 5.44. The number of amides is 1. The molecule has 0 radical (unpaired) electrons. The second kappa shape index (κ2) is 7.29. The maximum absolute atomic E-state index is 11.6. The van der Waals surface area contributed by atoms with Crippen LogP contribution in [0.25, 0.3) is 0 Å². The maximum atomic E-state index is 11.6. The topological polar surface area (TPSA) is 58.6 Å². The highest BCUT2D eigenvalue weighted by molar-refractivity contribution is 5.77. The van der Waals surface area contributed by atoms with Crippen molar-refractivity contribution in [2.24, 2.45) is 0 Å². The first-order valence-electron chi connectivity index (χ1n) is 6.96. The Balaban J connectivity index is 2.44. The number of aliphatic hydroxyl groups is 1. The van der Waals surface area contributed by atoms with Crippen molar-refractivity contribution in [2.75, 3.05) is 13.2 Å². The van der Waals surface area contributed by atoms with Crippen molar-refractivity contribution in [2.45, 2.75) is 45.6 Å². The molecule has 4 heteroatoms. The minimum absolute atomic E-state index is 0.00929. The van der Waals surface area contributed by atoms with Gasteiger partial charge in [-0.1, -0.05) is 32.9 Å². The number of ether oxygens (including phenoxy) is 1. The molecule has 0 spiro atoms. The van der Waals surface area contributed by atoms with Gasteiger partial charge in [-0.15, -0.1) is 0 Å². The molecule has 4 nitrogen and oxygen atoms in total. The van der Waals surface area contributed by atoms with Gasteiger partial charge in [0.05, 0.1) is 0 Å². The van der Waals surface area contributed by atoms with Gasteiger partial charge in [-0.2, -0.15) is 0 Å². The molecule has 20 heavy (non-hydrogen) atoms. The van der Waals surface area contributed by atoms with Crippen molar-refractivity contribution in [3.8, 4) is 5.75 Å². The van der Waals surface area contributed by atoms with Gasteiger partial charge in [0.2, 0.25) is 0 Å². The van der Waals surface area contributed by atoms with Crippen molar-refractivity contribution in [1.82, 2.24) is 5.32 Å². The lowest BCUT2D eigenvalue weighted by Crippen LogP contribution is -2.36. The summed E-state index contributed by atoms with van der Waals surface area (Å²) in [5.41, 5.74) is 1.33. The van der Waals surface area contributed by atoms with E-state index in [2.05, 4.69) is 26.1 Å². The predicted octanol–water partition coefficient (Wildman–Crippen LogP) is 2.25. The minimum Gasteiger partial charge on any atom is -0.484 e. The Bertz CT molecular complexity index is 420. The van der Waals surface area contributed by atoms with E-state index in [1.165, 1.54) is 5.56 Å². The van der Waals surface area contributed by atoms with Crippen molar-refractivity contribution >= 4 is 5.91 Å². The van der Waals surface area contributed by atoms with Crippen LogP contribution < -0.4 is 10.1 Å². The van der Waals surface area contributed by atoms with Crippen LogP contribution in [-0.2, 0) is 10.2 Å². The van der Waals surface area contributed by atoms with Gasteiger partial charge in [0.15, 0.2) is 6.61 Å². The van der Waals surface area contributed by atoms with Crippen molar-refractivity contribution in [1.29, 1.82) is 0 Å². The molecule has 1 aromatic rings. The number of hydrogen-bond acceptors (Lipinski definition) is 3. The van der Waals surface area contributed by atoms with E-state index in [4.69, 9.17) is 9.84 Å². The minimum atomic E-state index is -0.175. The monoisotopic (exact) mass is 279 g/mol. The molecule has 1 amide bonds. The molecule has 0 aliphatic carbocycles. The lowest BCUT2D eigenvalue weighted by molar-refractivity contribution is -0.123. The second-order valence-electron chi connectivity index (χ2n) is 6.04. The number of benzene rings is 1. The van der Waals surface area contributed by atoms with Crippen LogP contribution in [0, 0.1) is 0 Å². The fourth-order valence-electron chi connectivity index (χ4n) is 1.78. The van der Waals surface area contributed by atoms with Crippen LogP contribution in [-0.4, -0.2) is 30.3 Å². The summed E-state index contributed by atoms with van der Waals surface area (Å²) in [6, 6.07) is 7.75. The van der Waals surface area contributed by atoms with Crippen LogP contribution in [0.4, 0.5) is 0 Å². The maximum Gasteiger partial charge on any atom is 0.258 e. The number of hydrogen-bond donors (Lipinski definition) is 2.